The van der Waals surface area contributed by atoms with Gasteiger partial charge in [-0.3, -0.25) is 9.59 Å². The summed E-state index contributed by atoms with van der Waals surface area (Å²) in [6.07, 6.45) is 77.5. The van der Waals surface area contributed by atoms with Crippen molar-refractivity contribution in [1.29, 1.82) is 0 Å². The fourth-order valence-electron chi connectivity index (χ4n) is 8.06. The Kier molecular flexibility index (Phi) is 55.9. The SMILES string of the molecule is CC/C=C\C/C=C\C/C=C\CCCCCC(=O)OC(COCCCCCCCCCCCC/C=C\CCCCCCCC)COC(=O)CCCCCCCC/C=C\C/C=C\C/C=C\CCCCC. The van der Waals surface area contributed by atoms with Gasteiger partial charge in [-0.1, -0.05) is 234 Å². The quantitative estimate of drug-likeness (QED) is 0.0345. The van der Waals surface area contributed by atoms with Gasteiger partial charge in [0.15, 0.2) is 6.10 Å². The predicted molar refractivity (Wildman–Crippen MR) is 297 cm³/mol. The summed E-state index contributed by atoms with van der Waals surface area (Å²) in [5, 5.41) is 0. The van der Waals surface area contributed by atoms with Crippen molar-refractivity contribution in [3.63, 3.8) is 0 Å². The van der Waals surface area contributed by atoms with Gasteiger partial charge in [0.1, 0.15) is 6.61 Å². The number of ether oxygens (including phenoxy) is 3. The summed E-state index contributed by atoms with van der Waals surface area (Å²) < 4.78 is 17.4. The predicted octanol–water partition coefficient (Wildman–Crippen LogP) is 20.0. The van der Waals surface area contributed by atoms with Crippen molar-refractivity contribution in [2.24, 2.45) is 0 Å². The van der Waals surface area contributed by atoms with Gasteiger partial charge in [-0.05, 0) is 116 Å². The van der Waals surface area contributed by atoms with Crippen LogP contribution in [0.3, 0.4) is 0 Å². The minimum atomic E-state index is -0.562. The molecule has 392 valence electrons. The van der Waals surface area contributed by atoms with E-state index in [-0.39, 0.29) is 25.2 Å². The third kappa shape index (κ3) is 55.7. The maximum Gasteiger partial charge on any atom is 0.306 e. The molecule has 0 aromatic rings. The first-order chi connectivity index (χ1) is 33.6. The summed E-state index contributed by atoms with van der Waals surface area (Å²) in [4.78, 5) is 25.5. The highest BCUT2D eigenvalue weighted by molar-refractivity contribution is 5.70. The topological polar surface area (TPSA) is 61.8 Å². The lowest BCUT2D eigenvalue weighted by Crippen LogP contribution is -2.30. The molecule has 0 aliphatic carbocycles. The number of esters is 2. The Balaban J connectivity index is 4.29. The first-order valence-corrected chi connectivity index (χ1v) is 29.1. The average Bonchev–Trinajstić information content (AvgIpc) is 3.34. The molecule has 0 N–H and O–H groups in total. The van der Waals surface area contributed by atoms with Crippen LogP contribution < -0.4 is 0 Å². The maximum absolute atomic E-state index is 12.8. The molecule has 0 amide bonds. The number of carbonyl (C=O) groups excluding carboxylic acids is 2. The zero-order chi connectivity index (χ0) is 49.2. The van der Waals surface area contributed by atoms with Crippen molar-refractivity contribution in [3.8, 4) is 0 Å². The molecule has 0 fully saturated rings. The lowest BCUT2D eigenvalue weighted by molar-refractivity contribution is -0.163. The van der Waals surface area contributed by atoms with Crippen LogP contribution in [0.1, 0.15) is 278 Å². The van der Waals surface area contributed by atoms with E-state index in [1.807, 2.05) is 0 Å². The summed E-state index contributed by atoms with van der Waals surface area (Å²) in [6, 6.07) is 0. The highest BCUT2D eigenvalue weighted by atomic mass is 16.6. The van der Waals surface area contributed by atoms with E-state index in [0.717, 1.165) is 96.3 Å². The molecule has 0 bridgehead atoms. The van der Waals surface area contributed by atoms with Crippen LogP contribution in [0.2, 0.25) is 0 Å². The Morgan fingerprint density at radius 2 is 0.662 bits per heavy atom. The third-order valence-corrected chi connectivity index (χ3v) is 12.4. The maximum atomic E-state index is 12.8. The Morgan fingerprint density at radius 3 is 1.12 bits per heavy atom. The zero-order valence-corrected chi connectivity index (χ0v) is 45.1. The molecule has 0 radical (unpaired) electrons. The van der Waals surface area contributed by atoms with E-state index in [0.29, 0.717) is 19.4 Å². The van der Waals surface area contributed by atoms with Crippen molar-refractivity contribution in [2.45, 2.75) is 284 Å². The average molecular weight is 948 g/mol. The fraction of sp³-hybridized carbons (Fsp3) is 0.746. The van der Waals surface area contributed by atoms with Gasteiger partial charge >= 0.3 is 11.9 Å². The molecule has 0 aliphatic heterocycles. The van der Waals surface area contributed by atoms with Gasteiger partial charge in [-0.25, -0.2) is 0 Å². The highest BCUT2D eigenvalue weighted by Crippen LogP contribution is 2.14. The second-order valence-electron chi connectivity index (χ2n) is 19.2. The van der Waals surface area contributed by atoms with Crippen LogP contribution in [0.15, 0.2) is 85.1 Å². The standard InChI is InChI=1S/C63H110O5/c1-4-7-10-13-16-19-22-25-27-29-31-33-35-37-40-43-46-49-52-55-58-66-59-61(68-63(65)57-54-51-48-45-42-38-24-21-18-15-12-9-6-3)60-67-62(64)56-53-50-47-44-41-39-36-34-32-30-28-26-23-20-17-14-11-8-5-2/h9,12,17-18,20-21,25-28,32,34,38,42,61H,4-8,10-11,13-16,19,22-24,29-31,33,35-37,39-41,43-60H2,1-3H3/b12-9-,20-17-,21-18-,27-25-,28-26-,34-32-,42-38-. The van der Waals surface area contributed by atoms with Gasteiger partial charge in [-0.15, -0.1) is 0 Å². The van der Waals surface area contributed by atoms with Crippen LogP contribution in [0.25, 0.3) is 0 Å². The van der Waals surface area contributed by atoms with E-state index in [1.165, 1.54) is 148 Å². The molecule has 1 atom stereocenters. The minimum Gasteiger partial charge on any atom is -0.462 e. The van der Waals surface area contributed by atoms with Crippen LogP contribution in [-0.4, -0.2) is 37.9 Å². The highest BCUT2D eigenvalue weighted by Gasteiger charge is 2.17. The normalized spacial score (nSPS) is 12.8. The molecule has 68 heavy (non-hydrogen) atoms. The van der Waals surface area contributed by atoms with Gasteiger partial charge in [0, 0.05) is 19.4 Å². The van der Waals surface area contributed by atoms with Crippen molar-refractivity contribution in [1.82, 2.24) is 0 Å². The van der Waals surface area contributed by atoms with Crippen molar-refractivity contribution < 1.29 is 23.8 Å². The van der Waals surface area contributed by atoms with Crippen molar-refractivity contribution in [2.75, 3.05) is 19.8 Å². The van der Waals surface area contributed by atoms with E-state index < -0.39 is 6.10 Å². The molecule has 0 aromatic carbocycles. The van der Waals surface area contributed by atoms with Gasteiger partial charge in [0.25, 0.3) is 0 Å². The molecule has 1 unspecified atom stereocenters. The molecule has 5 nitrogen and oxygen atoms in total. The number of rotatable bonds is 53. The molecule has 0 aliphatic rings. The van der Waals surface area contributed by atoms with Gasteiger partial charge < -0.3 is 14.2 Å². The summed E-state index contributed by atoms with van der Waals surface area (Å²) in [6.45, 7) is 7.66. The molecule has 0 rings (SSSR count). The lowest BCUT2D eigenvalue weighted by Gasteiger charge is -2.18. The third-order valence-electron chi connectivity index (χ3n) is 12.4. The monoisotopic (exact) mass is 947 g/mol. The summed E-state index contributed by atoms with van der Waals surface area (Å²) in [5.74, 6) is -0.441. The fourth-order valence-corrected chi connectivity index (χ4v) is 8.06. The van der Waals surface area contributed by atoms with E-state index in [9.17, 15) is 9.59 Å². The first-order valence-electron chi connectivity index (χ1n) is 29.1. The second-order valence-corrected chi connectivity index (χ2v) is 19.2. The van der Waals surface area contributed by atoms with Gasteiger partial charge in [-0.2, -0.15) is 0 Å². The lowest BCUT2D eigenvalue weighted by atomic mass is 10.1. The van der Waals surface area contributed by atoms with Crippen molar-refractivity contribution >= 4 is 11.9 Å². The Bertz CT molecular complexity index is 1250. The Morgan fingerprint density at radius 1 is 0.338 bits per heavy atom. The van der Waals surface area contributed by atoms with Crippen LogP contribution >= 0.6 is 0 Å². The van der Waals surface area contributed by atoms with Crippen LogP contribution in [0.5, 0.6) is 0 Å². The molecular formula is C63H110O5. The second kappa shape index (κ2) is 58.4. The molecule has 0 spiro atoms. The summed E-state index contributed by atoms with van der Waals surface area (Å²) in [5.41, 5.74) is 0. The number of allylic oxidation sites excluding steroid dienone is 14. The number of hydrogen-bond donors (Lipinski definition) is 0. The number of hydrogen-bond acceptors (Lipinski definition) is 5. The Hall–Kier alpha value is -2.92. The van der Waals surface area contributed by atoms with Gasteiger partial charge in [0.2, 0.25) is 0 Å². The Labute approximate surface area is 422 Å². The molecule has 5 heteroatoms. The van der Waals surface area contributed by atoms with E-state index >= 15 is 0 Å². The van der Waals surface area contributed by atoms with Crippen molar-refractivity contribution in [3.05, 3.63) is 85.1 Å². The van der Waals surface area contributed by atoms with E-state index in [4.69, 9.17) is 14.2 Å². The van der Waals surface area contributed by atoms with Gasteiger partial charge in [0.05, 0.1) is 6.61 Å². The summed E-state index contributed by atoms with van der Waals surface area (Å²) in [7, 11) is 0. The number of carbonyl (C=O) groups is 2. The van der Waals surface area contributed by atoms with E-state index in [2.05, 4.69) is 106 Å². The van der Waals surface area contributed by atoms with Crippen LogP contribution in [0, 0.1) is 0 Å². The smallest absolute Gasteiger partial charge is 0.306 e. The molecule has 0 saturated carbocycles. The van der Waals surface area contributed by atoms with Crippen LogP contribution in [0.4, 0.5) is 0 Å². The van der Waals surface area contributed by atoms with Crippen LogP contribution in [-0.2, 0) is 23.8 Å². The largest absolute Gasteiger partial charge is 0.462 e. The number of unbranched alkanes of at least 4 members (excludes halogenated alkanes) is 28. The zero-order valence-electron chi connectivity index (χ0n) is 45.1. The first kappa shape index (κ1) is 65.1. The molecule has 0 saturated heterocycles. The molecule has 0 aromatic heterocycles. The summed E-state index contributed by atoms with van der Waals surface area (Å²) >= 11 is 0. The van der Waals surface area contributed by atoms with E-state index in [1.54, 1.807) is 0 Å². The molecule has 0 heterocycles. The molecular weight excluding hydrogens is 837 g/mol. The minimum absolute atomic E-state index is 0.0636.